The third-order valence-corrected chi connectivity index (χ3v) is 5.49. The molecule has 2 heterocycles. The van der Waals surface area contributed by atoms with Gasteiger partial charge in [0, 0.05) is 17.3 Å². The van der Waals surface area contributed by atoms with E-state index in [1.54, 1.807) is 18.2 Å². The standard InChI is InChI=1S/C19H14ClFN4OS/c1-2-9-24-17(26)14-5-3-4-6-16(14)25-18(24)22-23-19(25)27-11-12-7-8-13(21)10-15(12)20/h2-8,10H,1,9,11H2. The van der Waals surface area contributed by atoms with Crippen molar-refractivity contribution >= 4 is 40.0 Å². The van der Waals surface area contributed by atoms with Gasteiger partial charge in [0.2, 0.25) is 5.78 Å². The highest BCUT2D eigenvalue weighted by Crippen LogP contribution is 2.28. The van der Waals surface area contributed by atoms with E-state index in [4.69, 9.17) is 11.6 Å². The van der Waals surface area contributed by atoms with Crippen LogP contribution in [0.4, 0.5) is 4.39 Å². The van der Waals surface area contributed by atoms with Gasteiger partial charge in [-0.1, -0.05) is 47.6 Å². The van der Waals surface area contributed by atoms with E-state index in [-0.39, 0.29) is 11.4 Å². The van der Waals surface area contributed by atoms with Crippen LogP contribution >= 0.6 is 23.4 Å². The van der Waals surface area contributed by atoms with Crippen molar-refractivity contribution in [3.63, 3.8) is 0 Å². The van der Waals surface area contributed by atoms with Gasteiger partial charge >= 0.3 is 0 Å². The number of para-hydroxylation sites is 1. The van der Waals surface area contributed by atoms with E-state index in [0.29, 0.717) is 33.6 Å². The summed E-state index contributed by atoms with van der Waals surface area (Å²) in [6, 6.07) is 11.6. The summed E-state index contributed by atoms with van der Waals surface area (Å²) in [5, 5.41) is 10.0. The number of fused-ring (bicyclic) bond motifs is 3. The summed E-state index contributed by atoms with van der Waals surface area (Å²) in [6.45, 7) is 4.05. The van der Waals surface area contributed by atoms with Crippen LogP contribution in [0.3, 0.4) is 0 Å². The Balaban J connectivity index is 1.84. The van der Waals surface area contributed by atoms with Gasteiger partial charge in [-0.3, -0.25) is 13.8 Å². The Kier molecular flexibility index (Phi) is 4.72. The maximum atomic E-state index is 13.2. The number of benzene rings is 2. The lowest BCUT2D eigenvalue weighted by Gasteiger charge is -2.10. The number of hydrogen-bond acceptors (Lipinski definition) is 4. The van der Waals surface area contributed by atoms with Gasteiger partial charge in [-0.05, 0) is 29.8 Å². The molecule has 0 atom stereocenters. The molecule has 0 bridgehead atoms. The highest BCUT2D eigenvalue weighted by Gasteiger charge is 2.16. The number of nitrogens with zero attached hydrogens (tertiary/aromatic N) is 4. The molecule has 0 unspecified atom stereocenters. The Hall–Kier alpha value is -2.64. The molecule has 2 aromatic carbocycles. The van der Waals surface area contributed by atoms with Crippen LogP contribution < -0.4 is 5.56 Å². The topological polar surface area (TPSA) is 52.2 Å². The molecule has 0 aliphatic heterocycles. The Morgan fingerprint density at radius 2 is 2.04 bits per heavy atom. The number of allylic oxidation sites excluding steroid dienone is 1. The minimum Gasteiger partial charge on any atom is -0.272 e. The van der Waals surface area contributed by atoms with Crippen molar-refractivity contribution in [1.82, 2.24) is 19.2 Å². The number of halogens is 2. The first kappa shape index (κ1) is 17.8. The maximum absolute atomic E-state index is 13.2. The van der Waals surface area contributed by atoms with Crippen LogP contribution in [0.5, 0.6) is 0 Å². The lowest BCUT2D eigenvalue weighted by atomic mass is 10.2. The number of aromatic nitrogens is 4. The van der Waals surface area contributed by atoms with Crippen molar-refractivity contribution in [2.24, 2.45) is 0 Å². The summed E-state index contributed by atoms with van der Waals surface area (Å²) in [5.74, 6) is 0.571. The third kappa shape index (κ3) is 3.13. The minimum absolute atomic E-state index is 0.136. The molecule has 0 aliphatic carbocycles. The first-order valence-corrected chi connectivity index (χ1v) is 9.51. The highest BCUT2D eigenvalue weighted by molar-refractivity contribution is 7.98. The van der Waals surface area contributed by atoms with Crippen LogP contribution in [0.25, 0.3) is 16.7 Å². The van der Waals surface area contributed by atoms with Crippen molar-refractivity contribution in [3.05, 3.63) is 81.9 Å². The van der Waals surface area contributed by atoms with Crippen LogP contribution in [0.2, 0.25) is 5.02 Å². The third-order valence-electron chi connectivity index (χ3n) is 4.16. The fourth-order valence-corrected chi connectivity index (χ4v) is 4.16. The predicted molar refractivity (Wildman–Crippen MR) is 106 cm³/mol. The molecule has 0 radical (unpaired) electrons. The Labute approximate surface area is 163 Å². The molecule has 0 N–H and O–H groups in total. The monoisotopic (exact) mass is 400 g/mol. The predicted octanol–water partition coefficient (Wildman–Crippen LogP) is 4.32. The minimum atomic E-state index is -0.374. The van der Waals surface area contributed by atoms with Gasteiger partial charge in [-0.25, -0.2) is 4.39 Å². The summed E-state index contributed by atoms with van der Waals surface area (Å²) in [7, 11) is 0. The second-order valence-electron chi connectivity index (χ2n) is 5.86. The van der Waals surface area contributed by atoms with Gasteiger partial charge in [0.1, 0.15) is 5.82 Å². The number of hydrogen-bond donors (Lipinski definition) is 0. The number of rotatable bonds is 5. The van der Waals surface area contributed by atoms with E-state index >= 15 is 0 Å². The Morgan fingerprint density at radius 1 is 1.22 bits per heavy atom. The van der Waals surface area contributed by atoms with Gasteiger partial charge < -0.3 is 0 Å². The molecule has 0 amide bonds. The molecule has 0 fully saturated rings. The fourth-order valence-electron chi connectivity index (χ4n) is 2.90. The van der Waals surface area contributed by atoms with Crippen molar-refractivity contribution in [2.45, 2.75) is 17.5 Å². The SMILES string of the molecule is C=CCn1c(=O)c2ccccc2n2c(SCc3ccc(F)cc3Cl)nnc12. The molecule has 0 aliphatic rings. The average molecular weight is 401 g/mol. The van der Waals surface area contributed by atoms with Gasteiger partial charge in [0.15, 0.2) is 5.16 Å². The van der Waals surface area contributed by atoms with Crippen LogP contribution in [0, 0.1) is 5.82 Å². The van der Waals surface area contributed by atoms with Crippen LogP contribution in [-0.2, 0) is 12.3 Å². The number of thioether (sulfide) groups is 1. The second-order valence-corrected chi connectivity index (χ2v) is 7.21. The lowest BCUT2D eigenvalue weighted by Crippen LogP contribution is -2.22. The van der Waals surface area contributed by atoms with E-state index in [2.05, 4.69) is 16.8 Å². The van der Waals surface area contributed by atoms with E-state index in [9.17, 15) is 9.18 Å². The van der Waals surface area contributed by atoms with Crippen LogP contribution in [0.1, 0.15) is 5.56 Å². The molecule has 0 spiro atoms. The molecule has 8 heteroatoms. The summed E-state index contributed by atoms with van der Waals surface area (Å²) in [4.78, 5) is 12.8. The van der Waals surface area contributed by atoms with Crippen molar-refractivity contribution in [2.75, 3.05) is 0 Å². The zero-order chi connectivity index (χ0) is 19.0. The maximum Gasteiger partial charge on any atom is 0.263 e. The molecule has 4 rings (SSSR count). The van der Waals surface area contributed by atoms with Gasteiger partial charge in [0.25, 0.3) is 5.56 Å². The van der Waals surface area contributed by atoms with E-state index in [1.165, 1.54) is 28.5 Å². The first-order chi connectivity index (χ1) is 13.1. The quantitative estimate of drug-likeness (QED) is 0.370. The highest BCUT2D eigenvalue weighted by atomic mass is 35.5. The lowest BCUT2D eigenvalue weighted by molar-refractivity contribution is 0.627. The largest absolute Gasteiger partial charge is 0.272 e. The summed E-state index contributed by atoms with van der Waals surface area (Å²) < 4.78 is 16.6. The van der Waals surface area contributed by atoms with Crippen molar-refractivity contribution in [3.8, 4) is 0 Å². The van der Waals surface area contributed by atoms with E-state index in [1.807, 2.05) is 22.6 Å². The summed E-state index contributed by atoms with van der Waals surface area (Å²) in [6.07, 6.45) is 1.65. The molecule has 0 saturated heterocycles. The molecular formula is C19H14ClFN4OS. The molecule has 27 heavy (non-hydrogen) atoms. The van der Waals surface area contributed by atoms with Gasteiger partial charge in [0.05, 0.1) is 10.9 Å². The summed E-state index contributed by atoms with van der Waals surface area (Å²) in [5.41, 5.74) is 1.39. The van der Waals surface area contributed by atoms with E-state index in [0.717, 1.165) is 11.1 Å². The molecule has 0 saturated carbocycles. The molecule has 136 valence electrons. The second kappa shape index (κ2) is 7.17. The van der Waals surface area contributed by atoms with Gasteiger partial charge in [-0.15, -0.1) is 16.8 Å². The Bertz CT molecular complexity index is 1230. The van der Waals surface area contributed by atoms with E-state index < -0.39 is 0 Å². The smallest absolute Gasteiger partial charge is 0.263 e. The molecular weight excluding hydrogens is 387 g/mol. The zero-order valence-electron chi connectivity index (χ0n) is 14.1. The fraction of sp³-hybridized carbons (Fsp3) is 0.105. The summed E-state index contributed by atoms with van der Waals surface area (Å²) >= 11 is 7.54. The van der Waals surface area contributed by atoms with Crippen LogP contribution in [-0.4, -0.2) is 19.2 Å². The van der Waals surface area contributed by atoms with Gasteiger partial charge in [-0.2, -0.15) is 0 Å². The Morgan fingerprint density at radius 3 is 2.81 bits per heavy atom. The average Bonchev–Trinajstić information content (AvgIpc) is 3.08. The van der Waals surface area contributed by atoms with Crippen LogP contribution in [0.15, 0.2) is 65.1 Å². The van der Waals surface area contributed by atoms with Crippen molar-refractivity contribution in [1.29, 1.82) is 0 Å². The molecule has 2 aromatic heterocycles. The molecule has 5 nitrogen and oxygen atoms in total. The first-order valence-electron chi connectivity index (χ1n) is 8.14. The normalized spacial score (nSPS) is 11.3. The van der Waals surface area contributed by atoms with Crippen molar-refractivity contribution < 1.29 is 4.39 Å². The molecule has 4 aromatic rings. The zero-order valence-corrected chi connectivity index (χ0v) is 15.7.